The molecule has 0 radical (unpaired) electrons. The van der Waals surface area contributed by atoms with Crippen LogP contribution in [-0.4, -0.2) is 42.4 Å². The largest absolute Gasteiger partial charge is 0.368 e. The molecule has 148 valence electrons. The average molecular weight is 393 g/mol. The van der Waals surface area contributed by atoms with Crippen LogP contribution in [0, 0.1) is 15.5 Å². The van der Waals surface area contributed by atoms with Crippen molar-refractivity contribution < 1.29 is 14.5 Å². The lowest BCUT2D eigenvalue weighted by molar-refractivity contribution is -0.384. The standard InChI is InChI=1S/C20H19N5O4/c26-18-20(19(27)22-21-18)11-13-10-15(25(28)29)6-7-16(13)24-9-8-23(12-17(20)24)14-4-2-1-3-5-14/h1-7,10,17H,8-9,11-12H2,(H,21,26)(H,22,27)/t17-/m0/s1. The monoisotopic (exact) mass is 393 g/mol. The van der Waals surface area contributed by atoms with Gasteiger partial charge in [0.1, 0.15) is 0 Å². The minimum absolute atomic E-state index is 0.0425. The maximum Gasteiger partial charge on any atom is 0.269 e. The molecule has 3 aliphatic rings. The predicted molar refractivity (Wildman–Crippen MR) is 105 cm³/mol. The summed E-state index contributed by atoms with van der Waals surface area (Å²) in [6.07, 6.45) is 0.130. The van der Waals surface area contributed by atoms with Gasteiger partial charge in [-0.25, -0.2) is 0 Å². The fraction of sp³-hybridized carbons (Fsp3) is 0.300. The molecule has 3 heterocycles. The fourth-order valence-corrected chi connectivity index (χ4v) is 4.79. The number of hydrogen-bond acceptors (Lipinski definition) is 6. The van der Waals surface area contributed by atoms with Crippen LogP contribution < -0.4 is 20.7 Å². The molecule has 2 amide bonds. The molecule has 0 unspecified atom stereocenters. The van der Waals surface area contributed by atoms with E-state index in [9.17, 15) is 19.7 Å². The summed E-state index contributed by atoms with van der Waals surface area (Å²) in [6, 6.07) is 14.2. The van der Waals surface area contributed by atoms with Crippen molar-refractivity contribution in [3.05, 3.63) is 64.2 Å². The van der Waals surface area contributed by atoms with Crippen molar-refractivity contribution in [2.75, 3.05) is 29.4 Å². The molecule has 0 aliphatic carbocycles. The van der Waals surface area contributed by atoms with Crippen molar-refractivity contribution in [1.29, 1.82) is 0 Å². The first-order chi connectivity index (χ1) is 14.0. The zero-order valence-electron chi connectivity index (χ0n) is 15.5. The molecule has 1 spiro atoms. The minimum atomic E-state index is -1.32. The van der Waals surface area contributed by atoms with Crippen molar-refractivity contribution in [2.24, 2.45) is 5.41 Å². The van der Waals surface area contributed by atoms with E-state index in [4.69, 9.17) is 0 Å². The van der Waals surface area contributed by atoms with Gasteiger partial charge in [-0.05, 0) is 23.8 Å². The molecule has 1 atom stereocenters. The Morgan fingerprint density at radius 1 is 1.03 bits per heavy atom. The summed E-state index contributed by atoms with van der Waals surface area (Å²) < 4.78 is 0. The SMILES string of the molecule is O=C1NNC(=O)C12Cc1cc([N+](=O)[O-])ccc1N1CCN(c3ccccc3)C[C@H]12. The third-order valence-electron chi connectivity index (χ3n) is 6.22. The van der Waals surface area contributed by atoms with Crippen LogP contribution in [0.2, 0.25) is 0 Å². The van der Waals surface area contributed by atoms with E-state index in [1.807, 2.05) is 30.3 Å². The summed E-state index contributed by atoms with van der Waals surface area (Å²) >= 11 is 0. The van der Waals surface area contributed by atoms with E-state index >= 15 is 0 Å². The van der Waals surface area contributed by atoms with Gasteiger partial charge < -0.3 is 9.80 Å². The number of nitro groups is 1. The number of rotatable bonds is 2. The highest BCUT2D eigenvalue weighted by molar-refractivity contribution is 6.12. The number of anilines is 2. The molecule has 5 rings (SSSR count). The zero-order chi connectivity index (χ0) is 20.2. The predicted octanol–water partition coefficient (Wildman–Crippen LogP) is 0.993. The van der Waals surface area contributed by atoms with Gasteiger partial charge in [0.25, 0.3) is 17.5 Å². The van der Waals surface area contributed by atoms with Gasteiger partial charge in [-0.15, -0.1) is 0 Å². The van der Waals surface area contributed by atoms with Gasteiger partial charge in [0.15, 0.2) is 5.41 Å². The average Bonchev–Trinajstić information content (AvgIpc) is 3.02. The van der Waals surface area contributed by atoms with E-state index in [-0.39, 0.29) is 30.0 Å². The van der Waals surface area contributed by atoms with Gasteiger partial charge in [-0.3, -0.25) is 30.6 Å². The third kappa shape index (κ3) is 2.47. The van der Waals surface area contributed by atoms with Crippen LogP contribution >= 0.6 is 0 Å². The van der Waals surface area contributed by atoms with Gasteiger partial charge in [0, 0.05) is 49.6 Å². The Balaban J connectivity index is 1.61. The second kappa shape index (κ2) is 6.20. The third-order valence-corrected chi connectivity index (χ3v) is 6.22. The highest BCUT2D eigenvalue weighted by Crippen LogP contribution is 2.46. The normalized spacial score (nSPS) is 22.0. The number of fused-ring (bicyclic) bond motifs is 4. The Labute approximate surface area is 166 Å². The van der Waals surface area contributed by atoms with Crippen LogP contribution in [0.15, 0.2) is 48.5 Å². The molecule has 9 heteroatoms. The summed E-state index contributed by atoms with van der Waals surface area (Å²) in [4.78, 5) is 40.9. The van der Waals surface area contributed by atoms with E-state index < -0.39 is 10.3 Å². The molecule has 3 aliphatic heterocycles. The Morgan fingerprint density at radius 3 is 2.45 bits per heavy atom. The Bertz CT molecular complexity index is 1010. The highest BCUT2D eigenvalue weighted by Gasteiger charge is 2.61. The van der Waals surface area contributed by atoms with Crippen LogP contribution in [0.4, 0.5) is 17.1 Å². The molecular weight excluding hydrogens is 374 g/mol. The summed E-state index contributed by atoms with van der Waals surface area (Å²) in [5.41, 5.74) is 6.11. The molecule has 9 nitrogen and oxygen atoms in total. The van der Waals surface area contributed by atoms with E-state index in [1.165, 1.54) is 12.1 Å². The first-order valence-corrected chi connectivity index (χ1v) is 9.45. The number of para-hydroxylation sites is 1. The number of nitrogens with zero attached hydrogens (tertiary/aromatic N) is 3. The second-order valence-electron chi connectivity index (χ2n) is 7.62. The number of nitro benzene ring substituents is 1. The molecule has 29 heavy (non-hydrogen) atoms. The van der Waals surface area contributed by atoms with Crippen LogP contribution in [-0.2, 0) is 16.0 Å². The second-order valence-corrected chi connectivity index (χ2v) is 7.62. The Kier molecular flexibility index (Phi) is 3.73. The summed E-state index contributed by atoms with van der Waals surface area (Å²) in [5, 5.41) is 11.2. The van der Waals surface area contributed by atoms with E-state index in [2.05, 4.69) is 20.7 Å². The van der Waals surface area contributed by atoms with Crippen LogP contribution in [0.5, 0.6) is 0 Å². The molecule has 2 saturated heterocycles. The summed E-state index contributed by atoms with van der Waals surface area (Å²) in [5.74, 6) is -0.769. The van der Waals surface area contributed by atoms with E-state index in [0.29, 0.717) is 18.7 Å². The van der Waals surface area contributed by atoms with E-state index in [0.717, 1.165) is 17.9 Å². The summed E-state index contributed by atoms with van der Waals surface area (Å²) in [6.45, 7) is 1.82. The van der Waals surface area contributed by atoms with Gasteiger partial charge in [-0.1, -0.05) is 18.2 Å². The van der Waals surface area contributed by atoms with Crippen LogP contribution in [0.25, 0.3) is 0 Å². The minimum Gasteiger partial charge on any atom is -0.368 e. The van der Waals surface area contributed by atoms with Crippen molar-refractivity contribution in [3.8, 4) is 0 Å². The number of carbonyl (C=O) groups excluding carboxylic acids is 2. The van der Waals surface area contributed by atoms with Crippen molar-refractivity contribution >= 4 is 28.9 Å². The number of amides is 2. The number of piperazine rings is 1. The number of non-ortho nitro benzene ring substituents is 1. The van der Waals surface area contributed by atoms with Crippen LogP contribution in [0.1, 0.15) is 5.56 Å². The number of carbonyl (C=O) groups is 2. The summed E-state index contributed by atoms with van der Waals surface area (Å²) in [7, 11) is 0. The van der Waals surface area contributed by atoms with E-state index in [1.54, 1.807) is 6.07 Å². The lowest BCUT2D eigenvalue weighted by Gasteiger charge is -2.52. The number of nitrogens with one attached hydrogen (secondary N) is 2. The van der Waals surface area contributed by atoms with Gasteiger partial charge in [0.2, 0.25) is 0 Å². The molecule has 2 aromatic carbocycles. The maximum absolute atomic E-state index is 12.9. The quantitative estimate of drug-likeness (QED) is 0.448. The molecule has 0 bridgehead atoms. The molecule has 2 aromatic rings. The van der Waals surface area contributed by atoms with Gasteiger partial charge in [0.05, 0.1) is 11.0 Å². The Morgan fingerprint density at radius 2 is 1.76 bits per heavy atom. The number of hydrazine groups is 1. The topological polar surface area (TPSA) is 108 Å². The Hall–Kier alpha value is -3.62. The molecule has 2 N–H and O–H groups in total. The maximum atomic E-state index is 12.9. The fourth-order valence-electron chi connectivity index (χ4n) is 4.79. The van der Waals surface area contributed by atoms with Crippen molar-refractivity contribution in [2.45, 2.75) is 12.5 Å². The molecule has 0 saturated carbocycles. The first kappa shape index (κ1) is 17.5. The number of hydrogen-bond donors (Lipinski definition) is 2. The zero-order valence-corrected chi connectivity index (χ0v) is 15.5. The smallest absolute Gasteiger partial charge is 0.269 e. The van der Waals surface area contributed by atoms with Gasteiger partial charge >= 0.3 is 0 Å². The molecule has 2 fully saturated rings. The molecule has 0 aromatic heterocycles. The lowest BCUT2D eigenvalue weighted by atomic mass is 9.69. The first-order valence-electron chi connectivity index (χ1n) is 9.45. The van der Waals surface area contributed by atoms with Crippen molar-refractivity contribution in [3.63, 3.8) is 0 Å². The number of benzene rings is 2. The lowest BCUT2D eigenvalue weighted by Crippen LogP contribution is -2.66. The highest BCUT2D eigenvalue weighted by atomic mass is 16.6. The van der Waals surface area contributed by atoms with Crippen LogP contribution in [0.3, 0.4) is 0 Å². The van der Waals surface area contributed by atoms with Gasteiger partial charge in [-0.2, -0.15) is 0 Å². The van der Waals surface area contributed by atoms with Crippen molar-refractivity contribution in [1.82, 2.24) is 10.9 Å². The molecular formula is C20H19N5O4.